The number of benzene rings is 1. The summed E-state index contributed by atoms with van der Waals surface area (Å²) in [5, 5.41) is 19.7. The van der Waals surface area contributed by atoms with Crippen LogP contribution in [-0.2, 0) is 22.2 Å². The van der Waals surface area contributed by atoms with Crippen LogP contribution in [0.3, 0.4) is 0 Å². The summed E-state index contributed by atoms with van der Waals surface area (Å²) >= 11 is 0. The number of hydrogen-bond acceptors (Lipinski definition) is 11. The molecule has 0 amide bonds. The van der Waals surface area contributed by atoms with Crippen LogP contribution in [0.15, 0.2) is 16.2 Å². The van der Waals surface area contributed by atoms with E-state index in [2.05, 4.69) is 63.1 Å². The van der Waals surface area contributed by atoms with E-state index >= 15 is 9.59 Å². The molecule has 1 fully saturated rings. The van der Waals surface area contributed by atoms with Gasteiger partial charge in [0.25, 0.3) is 5.88 Å². The van der Waals surface area contributed by atoms with Crippen LogP contribution in [0.2, 0.25) is 18.1 Å². The largest absolute Gasteiger partial charge is 0.507 e. The molecule has 4 atom stereocenters. The fourth-order valence-electron chi connectivity index (χ4n) is 7.97. The molecule has 2 N–H and O–H groups in total. The topological polar surface area (TPSA) is 127 Å². The molecule has 2 aromatic rings. The van der Waals surface area contributed by atoms with Crippen LogP contribution in [0, 0.1) is 11.8 Å². The molecule has 1 aromatic carbocycles. The minimum absolute atomic E-state index is 0.0911. The summed E-state index contributed by atoms with van der Waals surface area (Å²) in [4.78, 5) is 35.1. The summed E-state index contributed by atoms with van der Waals surface area (Å²) in [5.41, 5.74) is 1.98. The van der Waals surface area contributed by atoms with Gasteiger partial charge in [-0.15, -0.1) is 0 Å². The number of fused-ring (bicyclic) bond motifs is 4. The quantitative estimate of drug-likeness (QED) is 0.118. The SMILES string of the molecule is CCCCOc1cc(CNC)c(N(C)C)c2c1C(O)=C1C(=O)[C@]3(O[Si](C)(C)C(C)(C)C)C(=O)c4c(OCCCC)noc4[C@@H](N(C)C)[C@@H]3C[C@@H]1C2. The van der Waals surface area contributed by atoms with Crippen molar-refractivity contribution in [3.63, 3.8) is 0 Å². The van der Waals surface area contributed by atoms with E-state index < -0.39 is 37.4 Å². The second-order valence-electron chi connectivity index (χ2n) is 16.5. The van der Waals surface area contributed by atoms with Gasteiger partial charge in [-0.05, 0) is 93.2 Å². The molecule has 3 aliphatic rings. The van der Waals surface area contributed by atoms with Crippen LogP contribution in [0.25, 0.3) is 5.76 Å². The first-order valence-corrected chi connectivity index (χ1v) is 21.5. The zero-order valence-electron chi connectivity index (χ0n) is 32.9. The van der Waals surface area contributed by atoms with E-state index in [0.29, 0.717) is 49.7 Å². The molecule has 1 aromatic heterocycles. The molecular weight excluding hydrogens is 665 g/mol. The lowest BCUT2D eigenvalue weighted by molar-refractivity contribution is -0.140. The van der Waals surface area contributed by atoms with E-state index in [1.54, 1.807) is 0 Å². The summed E-state index contributed by atoms with van der Waals surface area (Å²) in [5.74, 6) is -1.06. The average molecular weight is 725 g/mol. The van der Waals surface area contributed by atoms with Crippen molar-refractivity contribution in [3.05, 3.63) is 39.7 Å². The molecule has 3 aliphatic carbocycles. The number of aliphatic hydroxyl groups excluding tert-OH is 1. The predicted molar refractivity (Wildman–Crippen MR) is 202 cm³/mol. The Hall–Kier alpha value is -3.19. The maximum atomic E-state index is 15.7. The normalized spacial score (nSPS) is 23.2. The predicted octanol–water partition coefficient (Wildman–Crippen LogP) is 7.11. The van der Waals surface area contributed by atoms with Crippen molar-refractivity contribution in [1.82, 2.24) is 15.4 Å². The molecule has 11 nitrogen and oxygen atoms in total. The third-order valence-corrected chi connectivity index (χ3v) is 15.9. The Morgan fingerprint density at radius 2 is 1.69 bits per heavy atom. The number of anilines is 1. The Kier molecular flexibility index (Phi) is 11.2. The number of aliphatic hydroxyl groups is 1. The van der Waals surface area contributed by atoms with Crippen LogP contribution in [-0.4, -0.2) is 89.1 Å². The molecule has 12 heteroatoms. The highest BCUT2D eigenvalue weighted by Crippen LogP contribution is 2.59. The first-order valence-electron chi connectivity index (χ1n) is 18.6. The van der Waals surface area contributed by atoms with Crippen LogP contribution in [0.5, 0.6) is 11.6 Å². The van der Waals surface area contributed by atoms with Gasteiger partial charge in [0.05, 0.1) is 24.8 Å². The fraction of sp³-hybridized carbons (Fsp3) is 0.667. The Morgan fingerprint density at radius 3 is 2.25 bits per heavy atom. The van der Waals surface area contributed by atoms with Gasteiger partial charge in [0.1, 0.15) is 17.1 Å². The Bertz CT molecular complexity index is 1670. The number of ether oxygens (including phenoxy) is 2. The van der Waals surface area contributed by atoms with E-state index in [1.165, 1.54) is 0 Å². The van der Waals surface area contributed by atoms with E-state index in [0.717, 1.165) is 42.5 Å². The van der Waals surface area contributed by atoms with Gasteiger partial charge in [-0.3, -0.25) is 14.5 Å². The number of carbonyl (C=O) groups is 2. The van der Waals surface area contributed by atoms with Crippen LogP contribution >= 0.6 is 0 Å². The highest BCUT2D eigenvalue weighted by Gasteiger charge is 2.69. The van der Waals surface area contributed by atoms with E-state index in [9.17, 15) is 5.11 Å². The van der Waals surface area contributed by atoms with Gasteiger partial charge in [0.15, 0.2) is 19.7 Å². The molecule has 5 rings (SSSR count). The second kappa shape index (κ2) is 14.7. The molecule has 1 heterocycles. The number of nitrogens with zero attached hydrogens (tertiary/aromatic N) is 3. The number of hydrogen-bond donors (Lipinski definition) is 2. The van der Waals surface area contributed by atoms with Crippen LogP contribution in [0.4, 0.5) is 5.69 Å². The van der Waals surface area contributed by atoms with Crippen molar-refractivity contribution < 1.29 is 33.1 Å². The van der Waals surface area contributed by atoms with E-state index in [1.807, 2.05) is 46.2 Å². The summed E-state index contributed by atoms with van der Waals surface area (Å²) in [6, 6.07) is 1.47. The second-order valence-corrected chi connectivity index (χ2v) is 21.2. The van der Waals surface area contributed by atoms with Gasteiger partial charge in [-0.1, -0.05) is 47.5 Å². The number of carbonyl (C=O) groups excluding carboxylic acids is 2. The smallest absolute Gasteiger partial charge is 0.265 e. The number of ketones is 2. The summed E-state index contributed by atoms with van der Waals surface area (Å²) in [6.07, 6.45) is 4.38. The third kappa shape index (κ3) is 6.55. The van der Waals surface area contributed by atoms with Crippen molar-refractivity contribution in [2.75, 3.05) is 53.4 Å². The number of Topliss-reactive ketones (excluding diaryl/α,β-unsaturated/α-hetero) is 2. The Balaban J connectivity index is 1.81. The summed E-state index contributed by atoms with van der Waals surface area (Å²) in [6.45, 7) is 16.0. The molecule has 282 valence electrons. The molecule has 0 saturated heterocycles. The molecule has 0 unspecified atom stereocenters. The molecular formula is C39H60N4O7Si. The minimum Gasteiger partial charge on any atom is -0.507 e. The minimum atomic E-state index is -2.83. The fourth-order valence-corrected chi connectivity index (χ4v) is 9.42. The first-order chi connectivity index (χ1) is 24.0. The zero-order valence-corrected chi connectivity index (χ0v) is 33.9. The summed E-state index contributed by atoms with van der Waals surface area (Å²) < 4.78 is 25.7. The van der Waals surface area contributed by atoms with Crippen molar-refractivity contribution in [3.8, 4) is 11.6 Å². The van der Waals surface area contributed by atoms with Gasteiger partial charge in [-0.2, -0.15) is 0 Å². The molecule has 51 heavy (non-hydrogen) atoms. The molecule has 0 bridgehead atoms. The van der Waals surface area contributed by atoms with Gasteiger partial charge >= 0.3 is 0 Å². The first kappa shape index (κ1) is 39.0. The van der Waals surface area contributed by atoms with Gasteiger partial charge < -0.3 is 33.7 Å². The van der Waals surface area contributed by atoms with Crippen molar-refractivity contribution in [1.29, 1.82) is 0 Å². The van der Waals surface area contributed by atoms with E-state index in [4.69, 9.17) is 18.4 Å². The maximum Gasteiger partial charge on any atom is 0.265 e. The zero-order chi connectivity index (χ0) is 37.6. The van der Waals surface area contributed by atoms with Gasteiger partial charge in [0, 0.05) is 37.8 Å². The number of nitrogens with one attached hydrogen (secondary N) is 1. The lowest BCUT2D eigenvalue weighted by Gasteiger charge is -2.55. The third-order valence-electron chi connectivity index (χ3n) is 11.4. The van der Waals surface area contributed by atoms with E-state index in [-0.39, 0.29) is 33.7 Å². The molecule has 0 radical (unpaired) electrons. The lowest BCUT2D eigenvalue weighted by Crippen LogP contribution is -2.68. The summed E-state index contributed by atoms with van der Waals surface area (Å²) in [7, 11) is 6.94. The molecule has 1 saturated carbocycles. The average Bonchev–Trinajstić information content (AvgIpc) is 3.45. The highest BCUT2D eigenvalue weighted by atomic mass is 28.4. The van der Waals surface area contributed by atoms with Crippen molar-refractivity contribution in [2.24, 2.45) is 11.8 Å². The van der Waals surface area contributed by atoms with Crippen LogP contribution in [0.1, 0.15) is 106 Å². The van der Waals surface area contributed by atoms with Crippen molar-refractivity contribution >= 4 is 31.3 Å². The van der Waals surface area contributed by atoms with Gasteiger partial charge in [-0.25, -0.2) is 0 Å². The van der Waals surface area contributed by atoms with Crippen molar-refractivity contribution in [2.45, 2.75) is 109 Å². The molecule has 0 aliphatic heterocycles. The Morgan fingerprint density at radius 1 is 1.04 bits per heavy atom. The standard InChI is InChI=1S/C39H60N4O7Si/c1-13-15-17-47-27-21-24(22-40-6)31(42(7)8)25-19-23-20-26-32(43(9)10)34-30(37(41-49-34)48-18-16-14-2)36(46)39(26,50-51(11,12)38(3,4)5)35(45)28(23)33(44)29(25)27/h21,23,26,32,40,44H,13-20,22H2,1-12H3/t23-,26-,32-,39-/m0/s1. The number of aromatic nitrogens is 1. The highest BCUT2D eigenvalue weighted by molar-refractivity contribution is 6.74. The maximum absolute atomic E-state index is 15.7. The molecule has 0 spiro atoms. The number of unbranched alkanes of at least 4 members (excludes halogenated alkanes) is 2. The Labute approximate surface area is 305 Å². The van der Waals surface area contributed by atoms with Gasteiger partial charge in [0.2, 0.25) is 11.6 Å². The monoisotopic (exact) mass is 724 g/mol. The number of rotatable bonds is 14. The lowest BCUT2D eigenvalue weighted by atomic mass is 9.57. The van der Waals surface area contributed by atoms with Crippen LogP contribution < -0.4 is 19.7 Å².